The summed E-state index contributed by atoms with van der Waals surface area (Å²) in [6.45, 7) is 0. The van der Waals surface area contributed by atoms with Gasteiger partial charge in [-0.05, 0) is 23.8 Å². The summed E-state index contributed by atoms with van der Waals surface area (Å²) >= 11 is 0. The Labute approximate surface area is 107 Å². The van der Waals surface area contributed by atoms with E-state index in [0.717, 1.165) is 6.07 Å². The quantitative estimate of drug-likeness (QED) is 0.931. The summed E-state index contributed by atoms with van der Waals surface area (Å²) in [6.07, 6.45) is -3.10. The van der Waals surface area contributed by atoms with E-state index in [2.05, 4.69) is 9.72 Å². The van der Waals surface area contributed by atoms with Gasteiger partial charge >= 0.3 is 6.36 Å². The first-order valence-corrected chi connectivity index (χ1v) is 5.40. The lowest BCUT2D eigenvalue weighted by molar-refractivity contribution is -0.275. The van der Waals surface area contributed by atoms with Crippen molar-refractivity contribution in [3.63, 3.8) is 0 Å². The number of benzene rings is 1. The number of pyridine rings is 1. The Hall–Kier alpha value is -2.08. The third-order valence-electron chi connectivity index (χ3n) is 2.46. The number of nitrogens with zero attached hydrogens (tertiary/aromatic N) is 1. The van der Waals surface area contributed by atoms with Crippen LogP contribution in [0, 0.1) is 0 Å². The van der Waals surface area contributed by atoms with Gasteiger partial charge in [-0.2, -0.15) is 0 Å². The molecule has 0 spiro atoms. The molecule has 0 saturated heterocycles. The normalized spacial score (nSPS) is 13.1. The molecule has 1 unspecified atom stereocenters. The number of hydrogen-bond acceptors (Lipinski definition) is 3. The first-order valence-electron chi connectivity index (χ1n) is 5.40. The third-order valence-corrected chi connectivity index (χ3v) is 2.46. The summed E-state index contributed by atoms with van der Waals surface area (Å²) in [5.41, 5.74) is 0.485. The standard InChI is InChI=1S/C13H10F3NO2/c14-13(15,16)19-11-4-2-1-3-10(11)12(18)9-5-7-17-8-6-9/h1-8,12,18H. The van der Waals surface area contributed by atoms with Crippen LogP contribution < -0.4 is 4.74 Å². The summed E-state index contributed by atoms with van der Waals surface area (Å²) in [4.78, 5) is 3.78. The lowest BCUT2D eigenvalue weighted by atomic mass is 10.0. The Morgan fingerprint density at radius 3 is 2.32 bits per heavy atom. The summed E-state index contributed by atoms with van der Waals surface area (Å²) in [6, 6.07) is 8.52. The molecule has 1 N–H and O–H groups in total. The van der Waals surface area contributed by atoms with Crippen LogP contribution in [0.25, 0.3) is 0 Å². The fourth-order valence-electron chi connectivity index (χ4n) is 1.65. The number of alkyl halides is 3. The van der Waals surface area contributed by atoms with Gasteiger partial charge in [0.1, 0.15) is 11.9 Å². The number of halogens is 3. The van der Waals surface area contributed by atoms with Gasteiger partial charge in [-0.15, -0.1) is 13.2 Å². The first kappa shape index (κ1) is 13.4. The van der Waals surface area contributed by atoms with Crippen molar-refractivity contribution in [3.8, 4) is 5.75 Å². The van der Waals surface area contributed by atoms with Crippen LogP contribution in [0.1, 0.15) is 17.2 Å². The van der Waals surface area contributed by atoms with E-state index in [0.29, 0.717) is 5.56 Å². The van der Waals surface area contributed by atoms with E-state index in [4.69, 9.17) is 0 Å². The highest BCUT2D eigenvalue weighted by molar-refractivity contribution is 5.39. The van der Waals surface area contributed by atoms with E-state index >= 15 is 0 Å². The van der Waals surface area contributed by atoms with Crippen molar-refractivity contribution < 1.29 is 23.0 Å². The smallest absolute Gasteiger partial charge is 0.405 e. The van der Waals surface area contributed by atoms with Crippen molar-refractivity contribution in [2.45, 2.75) is 12.5 Å². The van der Waals surface area contributed by atoms with Gasteiger partial charge < -0.3 is 9.84 Å². The molecule has 1 atom stereocenters. The maximum Gasteiger partial charge on any atom is 0.573 e. The minimum absolute atomic E-state index is 0.0472. The Balaban J connectivity index is 2.35. The summed E-state index contributed by atoms with van der Waals surface area (Å²) in [7, 11) is 0. The van der Waals surface area contributed by atoms with E-state index in [1.165, 1.54) is 42.7 Å². The van der Waals surface area contributed by atoms with E-state index in [9.17, 15) is 18.3 Å². The molecule has 1 aromatic carbocycles. The molecule has 0 saturated carbocycles. The topological polar surface area (TPSA) is 42.4 Å². The van der Waals surface area contributed by atoms with Crippen LogP contribution >= 0.6 is 0 Å². The van der Waals surface area contributed by atoms with Gasteiger partial charge in [-0.25, -0.2) is 0 Å². The number of aliphatic hydroxyl groups excluding tert-OH is 1. The Bertz CT molecular complexity index is 543. The van der Waals surface area contributed by atoms with E-state index in [1.807, 2.05) is 0 Å². The van der Waals surface area contributed by atoms with Crippen LogP contribution in [0.15, 0.2) is 48.8 Å². The second-order valence-corrected chi connectivity index (χ2v) is 3.77. The summed E-state index contributed by atoms with van der Waals surface area (Å²) < 4.78 is 40.7. The molecule has 0 aliphatic rings. The number of rotatable bonds is 3. The van der Waals surface area contributed by atoms with Crippen LogP contribution in [-0.4, -0.2) is 16.5 Å². The fourth-order valence-corrected chi connectivity index (χ4v) is 1.65. The number of para-hydroxylation sites is 1. The van der Waals surface area contributed by atoms with Crippen LogP contribution in [0.2, 0.25) is 0 Å². The molecule has 1 heterocycles. The van der Waals surface area contributed by atoms with Crippen molar-refractivity contribution in [1.29, 1.82) is 0 Å². The van der Waals surface area contributed by atoms with Crippen LogP contribution in [-0.2, 0) is 0 Å². The maximum atomic E-state index is 12.3. The number of aliphatic hydroxyl groups is 1. The van der Waals surface area contributed by atoms with E-state index < -0.39 is 18.2 Å². The highest BCUT2D eigenvalue weighted by Gasteiger charge is 2.32. The van der Waals surface area contributed by atoms with Crippen LogP contribution in [0.3, 0.4) is 0 Å². The van der Waals surface area contributed by atoms with Gasteiger partial charge in [0.05, 0.1) is 0 Å². The highest BCUT2D eigenvalue weighted by atomic mass is 19.4. The average molecular weight is 269 g/mol. The lowest BCUT2D eigenvalue weighted by Gasteiger charge is -2.17. The van der Waals surface area contributed by atoms with Crippen LogP contribution in [0.5, 0.6) is 5.75 Å². The molecule has 3 nitrogen and oxygen atoms in total. The first-order chi connectivity index (χ1) is 8.97. The zero-order chi connectivity index (χ0) is 13.9. The van der Waals surface area contributed by atoms with E-state index in [1.54, 1.807) is 0 Å². The van der Waals surface area contributed by atoms with Gasteiger partial charge in [-0.3, -0.25) is 4.98 Å². The minimum atomic E-state index is -4.80. The number of aromatic nitrogens is 1. The molecule has 0 radical (unpaired) electrons. The summed E-state index contributed by atoms with van der Waals surface area (Å²) in [5.74, 6) is -0.417. The van der Waals surface area contributed by atoms with Crippen LogP contribution in [0.4, 0.5) is 13.2 Å². The van der Waals surface area contributed by atoms with Crippen molar-refractivity contribution in [2.24, 2.45) is 0 Å². The summed E-state index contributed by atoms with van der Waals surface area (Å²) in [5, 5.41) is 10.1. The molecule has 0 bridgehead atoms. The lowest BCUT2D eigenvalue weighted by Crippen LogP contribution is -2.18. The second-order valence-electron chi connectivity index (χ2n) is 3.77. The number of ether oxygens (including phenoxy) is 1. The molecule has 0 aliphatic heterocycles. The molecular weight excluding hydrogens is 259 g/mol. The monoisotopic (exact) mass is 269 g/mol. The minimum Gasteiger partial charge on any atom is -0.405 e. The van der Waals surface area contributed by atoms with E-state index in [-0.39, 0.29) is 5.56 Å². The van der Waals surface area contributed by atoms with Crippen molar-refractivity contribution in [2.75, 3.05) is 0 Å². The van der Waals surface area contributed by atoms with Gasteiger partial charge in [0.15, 0.2) is 0 Å². The molecule has 2 aromatic rings. The average Bonchev–Trinajstić information content (AvgIpc) is 2.38. The predicted octanol–water partition coefficient (Wildman–Crippen LogP) is 3.06. The zero-order valence-corrected chi connectivity index (χ0v) is 9.63. The van der Waals surface area contributed by atoms with Gasteiger partial charge in [-0.1, -0.05) is 18.2 Å². The molecule has 1 aromatic heterocycles. The fraction of sp³-hybridized carbons (Fsp3) is 0.154. The molecule has 0 amide bonds. The molecule has 2 rings (SSSR count). The van der Waals surface area contributed by atoms with Gasteiger partial charge in [0.2, 0.25) is 0 Å². The van der Waals surface area contributed by atoms with Crippen molar-refractivity contribution >= 4 is 0 Å². The number of hydrogen-bond donors (Lipinski definition) is 1. The van der Waals surface area contributed by atoms with Gasteiger partial charge in [0, 0.05) is 18.0 Å². The van der Waals surface area contributed by atoms with Crippen molar-refractivity contribution in [1.82, 2.24) is 4.98 Å². The zero-order valence-electron chi connectivity index (χ0n) is 9.63. The second kappa shape index (κ2) is 5.27. The largest absolute Gasteiger partial charge is 0.573 e. The SMILES string of the molecule is OC(c1ccncc1)c1ccccc1OC(F)(F)F. The Morgan fingerprint density at radius 1 is 1.05 bits per heavy atom. The maximum absolute atomic E-state index is 12.3. The predicted molar refractivity (Wildman–Crippen MR) is 61.4 cm³/mol. The molecule has 19 heavy (non-hydrogen) atoms. The highest BCUT2D eigenvalue weighted by Crippen LogP contribution is 2.32. The molecular formula is C13H10F3NO2. The molecule has 0 aliphatic carbocycles. The van der Waals surface area contributed by atoms with Crippen molar-refractivity contribution in [3.05, 3.63) is 59.9 Å². The Morgan fingerprint density at radius 2 is 1.68 bits per heavy atom. The van der Waals surface area contributed by atoms with Gasteiger partial charge in [0.25, 0.3) is 0 Å². The third kappa shape index (κ3) is 3.45. The molecule has 100 valence electrons. The molecule has 0 fully saturated rings. The Kier molecular flexibility index (Phi) is 3.71. The molecule has 6 heteroatoms.